The Morgan fingerprint density at radius 1 is 1.45 bits per heavy atom. The Hall–Kier alpha value is -0.670. The first-order valence-electron chi connectivity index (χ1n) is 3.58. The van der Waals surface area contributed by atoms with E-state index in [0.717, 1.165) is 25.2 Å². The minimum atomic E-state index is 0.491. The van der Waals surface area contributed by atoms with Gasteiger partial charge in [0.05, 0.1) is 5.69 Å². The molecule has 1 aliphatic heterocycles. The van der Waals surface area contributed by atoms with Crippen molar-refractivity contribution in [3.05, 3.63) is 22.5 Å². The second-order valence-corrected chi connectivity index (χ2v) is 2.95. The average Bonchev–Trinajstić information content (AvgIpc) is 2.04. The predicted molar refractivity (Wildman–Crippen MR) is 42.5 cm³/mol. The number of nitrogens with zero attached hydrogens (tertiary/aromatic N) is 2. The van der Waals surface area contributed by atoms with Crippen LogP contribution < -0.4 is 5.32 Å². The molecule has 2 rings (SSSR count). The molecular weight excluding hydrogens is 162 g/mol. The second-order valence-electron chi connectivity index (χ2n) is 2.57. The highest BCUT2D eigenvalue weighted by molar-refractivity contribution is 6.29. The number of rotatable bonds is 0. The minimum absolute atomic E-state index is 0.491. The number of hydrogen-bond acceptors (Lipinski definition) is 3. The third kappa shape index (κ3) is 1.34. The van der Waals surface area contributed by atoms with Crippen LogP contribution in [0, 0.1) is 0 Å². The maximum atomic E-state index is 5.68. The molecule has 0 atom stereocenters. The highest BCUT2D eigenvalue weighted by atomic mass is 35.5. The Labute approximate surface area is 69.8 Å². The van der Waals surface area contributed by atoms with E-state index in [1.54, 1.807) is 0 Å². The van der Waals surface area contributed by atoms with Gasteiger partial charge in [0.1, 0.15) is 0 Å². The fourth-order valence-electron chi connectivity index (χ4n) is 1.22. The zero-order valence-corrected chi connectivity index (χ0v) is 6.73. The number of nitrogens with one attached hydrogen (secondary N) is 1. The number of halogens is 1. The number of fused-ring (bicyclic) bond motifs is 1. The topological polar surface area (TPSA) is 37.8 Å². The third-order valence-electron chi connectivity index (χ3n) is 1.79. The molecule has 0 radical (unpaired) electrons. The standard InChI is InChI=1S/C7H8ClN3/c8-7-3-5-1-2-9-4-6(5)10-11-7/h3,9H,1-2,4H2. The van der Waals surface area contributed by atoms with Crippen LogP contribution in [0.2, 0.25) is 5.15 Å². The summed E-state index contributed by atoms with van der Waals surface area (Å²) in [5, 5.41) is 11.4. The first-order chi connectivity index (χ1) is 5.36. The van der Waals surface area contributed by atoms with Gasteiger partial charge in [-0.15, -0.1) is 5.10 Å². The molecule has 1 aromatic heterocycles. The maximum absolute atomic E-state index is 5.68. The molecule has 0 amide bonds. The Morgan fingerprint density at radius 2 is 2.36 bits per heavy atom. The molecule has 0 spiro atoms. The molecule has 0 saturated heterocycles. The van der Waals surface area contributed by atoms with Crippen molar-refractivity contribution < 1.29 is 0 Å². The highest BCUT2D eigenvalue weighted by Crippen LogP contribution is 2.13. The lowest BCUT2D eigenvalue weighted by Crippen LogP contribution is -2.24. The normalized spacial score (nSPS) is 16.1. The predicted octanol–water partition coefficient (Wildman–Crippen LogP) is 0.776. The molecule has 3 nitrogen and oxygen atoms in total. The van der Waals surface area contributed by atoms with Gasteiger partial charge < -0.3 is 5.32 Å². The van der Waals surface area contributed by atoms with Crippen molar-refractivity contribution in [2.45, 2.75) is 13.0 Å². The maximum Gasteiger partial charge on any atom is 0.152 e. The van der Waals surface area contributed by atoms with E-state index in [9.17, 15) is 0 Å². The van der Waals surface area contributed by atoms with Gasteiger partial charge in [0.25, 0.3) is 0 Å². The van der Waals surface area contributed by atoms with Gasteiger partial charge >= 0.3 is 0 Å². The monoisotopic (exact) mass is 169 g/mol. The zero-order valence-electron chi connectivity index (χ0n) is 5.97. The summed E-state index contributed by atoms with van der Waals surface area (Å²) in [6.45, 7) is 1.83. The van der Waals surface area contributed by atoms with Crippen LogP contribution in [0.25, 0.3) is 0 Å². The molecule has 11 heavy (non-hydrogen) atoms. The first-order valence-corrected chi connectivity index (χ1v) is 3.96. The molecule has 1 N–H and O–H groups in total. The van der Waals surface area contributed by atoms with Crippen LogP contribution in [0.4, 0.5) is 0 Å². The molecular formula is C7H8ClN3. The molecule has 0 fully saturated rings. The van der Waals surface area contributed by atoms with E-state index < -0.39 is 0 Å². The summed E-state index contributed by atoms with van der Waals surface area (Å²) in [6, 6.07) is 1.89. The van der Waals surface area contributed by atoms with E-state index in [1.165, 1.54) is 5.56 Å². The fourth-order valence-corrected chi connectivity index (χ4v) is 1.39. The third-order valence-corrected chi connectivity index (χ3v) is 1.98. The van der Waals surface area contributed by atoms with E-state index in [4.69, 9.17) is 11.6 Å². The van der Waals surface area contributed by atoms with Crippen molar-refractivity contribution in [3.8, 4) is 0 Å². The summed E-state index contributed by atoms with van der Waals surface area (Å²) in [7, 11) is 0. The van der Waals surface area contributed by atoms with Crippen molar-refractivity contribution in [1.29, 1.82) is 0 Å². The van der Waals surface area contributed by atoms with E-state index >= 15 is 0 Å². The molecule has 0 aromatic carbocycles. The van der Waals surface area contributed by atoms with Gasteiger partial charge in [-0.25, -0.2) is 0 Å². The van der Waals surface area contributed by atoms with E-state index in [-0.39, 0.29) is 0 Å². The molecule has 0 unspecified atom stereocenters. The Bertz CT molecular complexity index is 274. The molecule has 0 saturated carbocycles. The molecule has 1 aliphatic rings. The van der Waals surface area contributed by atoms with Gasteiger partial charge in [0.15, 0.2) is 5.15 Å². The van der Waals surface area contributed by atoms with Crippen LogP contribution >= 0.6 is 11.6 Å². The Balaban J connectivity index is 2.43. The van der Waals surface area contributed by atoms with Crippen molar-refractivity contribution in [1.82, 2.24) is 15.5 Å². The molecule has 58 valence electrons. The molecule has 0 aliphatic carbocycles. The summed E-state index contributed by atoms with van der Waals surface area (Å²) in [5.41, 5.74) is 2.25. The summed E-state index contributed by atoms with van der Waals surface area (Å²) < 4.78 is 0. The van der Waals surface area contributed by atoms with Crippen LogP contribution in [-0.2, 0) is 13.0 Å². The molecule has 4 heteroatoms. The van der Waals surface area contributed by atoms with E-state index in [1.807, 2.05) is 6.07 Å². The van der Waals surface area contributed by atoms with Crippen molar-refractivity contribution in [3.63, 3.8) is 0 Å². The lowest BCUT2D eigenvalue weighted by molar-refractivity contribution is 0.616. The SMILES string of the molecule is Clc1cc2c(nn1)CNCC2. The van der Waals surface area contributed by atoms with Crippen molar-refractivity contribution >= 4 is 11.6 Å². The lowest BCUT2D eigenvalue weighted by Gasteiger charge is -2.14. The Morgan fingerprint density at radius 3 is 3.27 bits per heavy atom. The van der Waals surface area contributed by atoms with Crippen molar-refractivity contribution in [2.24, 2.45) is 0 Å². The fraction of sp³-hybridized carbons (Fsp3) is 0.429. The summed E-state index contributed by atoms with van der Waals surface area (Å²) in [4.78, 5) is 0. The van der Waals surface area contributed by atoms with Crippen LogP contribution in [0.5, 0.6) is 0 Å². The van der Waals surface area contributed by atoms with E-state index in [0.29, 0.717) is 5.15 Å². The molecule has 1 aromatic rings. The van der Waals surface area contributed by atoms with Gasteiger partial charge in [0.2, 0.25) is 0 Å². The van der Waals surface area contributed by atoms with Gasteiger partial charge in [-0.1, -0.05) is 11.6 Å². The lowest BCUT2D eigenvalue weighted by atomic mass is 10.1. The van der Waals surface area contributed by atoms with Crippen LogP contribution in [0.1, 0.15) is 11.3 Å². The van der Waals surface area contributed by atoms with Crippen LogP contribution in [-0.4, -0.2) is 16.7 Å². The van der Waals surface area contributed by atoms with Crippen LogP contribution in [0.3, 0.4) is 0 Å². The van der Waals surface area contributed by atoms with E-state index in [2.05, 4.69) is 15.5 Å². The highest BCUT2D eigenvalue weighted by Gasteiger charge is 2.09. The van der Waals surface area contributed by atoms with Crippen LogP contribution in [0.15, 0.2) is 6.07 Å². The largest absolute Gasteiger partial charge is 0.311 e. The summed E-state index contributed by atoms with van der Waals surface area (Å²) in [6.07, 6.45) is 1.00. The van der Waals surface area contributed by atoms with Gasteiger partial charge in [0, 0.05) is 6.54 Å². The quantitative estimate of drug-likeness (QED) is 0.624. The second kappa shape index (κ2) is 2.75. The smallest absolute Gasteiger partial charge is 0.152 e. The van der Waals surface area contributed by atoms with Gasteiger partial charge in [-0.3, -0.25) is 0 Å². The van der Waals surface area contributed by atoms with Crippen molar-refractivity contribution in [2.75, 3.05) is 6.54 Å². The molecule has 0 bridgehead atoms. The minimum Gasteiger partial charge on any atom is -0.311 e. The molecule has 2 heterocycles. The average molecular weight is 170 g/mol. The first kappa shape index (κ1) is 7.00. The Kier molecular flexibility index (Phi) is 1.75. The zero-order chi connectivity index (χ0) is 7.68. The summed E-state index contributed by atoms with van der Waals surface area (Å²) >= 11 is 5.68. The number of aromatic nitrogens is 2. The number of hydrogen-bond donors (Lipinski definition) is 1. The summed E-state index contributed by atoms with van der Waals surface area (Å²) in [5.74, 6) is 0. The van der Waals surface area contributed by atoms with Gasteiger partial charge in [-0.05, 0) is 24.6 Å². The van der Waals surface area contributed by atoms with Gasteiger partial charge in [-0.2, -0.15) is 5.10 Å².